The van der Waals surface area contributed by atoms with Gasteiger partial charge < -0.3 is 14.9 Å². The molecule has 0 bridgehead atoms. The summed E-state index contributed by atoms with van der Waals surface area (Å²) in [5.41, 5.74) is 9.39. The van der Waals surface area contributed by atoms with Crippen LogP contribution in [0.25, 0.3) is 54.6 Å². The fourth-order valence-corrected chi connectivity index (χ4v) is 5.75. The van der Waals surface area contributed by atoms with Gasteiger partial charge in [0.1, 0.15) is 0 Å². The second kappa shape index (κ2) is 18.4. The van der Waals surface area contributed by atoms with Gasteiger partial charge >= 0.3 is 30.2 Å². The Bertz CT molecular complexity index is 1930. The summed E-state index contributed by atoms with van der Waals surface area (Å²) >= 11 is 1.36. The molecule has 0 aromatic heterocycles. The minimum atomic E-state index is 0. The first kappa shape index (κ1) is 40.3. The van der Waals surface area contributed by atoms with Crippen molar-refractivity contribution < 1.29 is 23.3 Å². The third-order valence-corrected chi connectivity index (χ3v) is 7.85. The van der Waals surface area contributed by atoms with Crippen molar-refractivity contribution in [2.45, 2.75) is 33.6 Å². The molecule has 0 saturated heterocycles. The number of benzene rings is 5. The van der Waals surface area contributed by atoms with Gasteiger partial charge in [-0.15, -0.1) is 93.4 Å². The van der Waals surface area contributed by atoms with Crippen molar-refractivity contribution in [3.63, 3.8) is 0 Å². The molecule has 0 aliphatic rings. The van der Waals surface area contributed by atoms with E-state index in [9.17, 15) is 0 Å². The van der Waals surface area contributed by atoms with Crippen LogP contribution >= 0.6 is 24.8 Å². The summed E-state index contributed by atoms with van der Waals surface area (Å²) < 4.78 is 0. The summed E-state index contributed by atoms with van der Waals surface area (Å²) in [7, 11) is 0. The van der Waals surface area contributed by atoms with E-state index in [-0.39, 0.29) is 39.7 Å². The van der Waals surface area contributed by atoms with Crippen molar-refractivity contribution in [1.82, 2.24) is 0 Å². The van der Waals surface area contributed by atoms with E-state index in [4.69, 9.17) is 0 Å². The number of fused-ring (bicyclic) bond motifs is 3. The Morgan fingerprint density at radius 3 is 1.89 bits per heavy atom. The Balaban J connectivity index is 0.000000397. The summed E-state index contributed by atoms with van der Waals surface area (Å²) in [5.74, 6) is 0.584. The molecule has 0 aliphatic heterocycles. The molecular weight excluding hydrogens is 683 g/mol. The van der Waals surface area contributed by atoms with Gasteiger partial charge in [-0.25, -0.2) is 0 Å². The molecule has 4 heteroatoms. The Morgan fingerprint density at radius 2 is 1.18 bits per heavy atom. The first-order chi connectivity index (χ1) is 20.0. The number of halogens is 2. The monoisotopic (exact) mass is 722 g/mol. The number of hydrogen-bond acceptors (Lipinski definition) is 0. The molecule has 7 aromatic carbocycles. The van der Waals surface area contributed by atoms with Crippen molar-refractivity contribution >= 4 is 64.0 Å². The topological polar surface area (TPSA) is 0 Å². The number of rotatable bonds is 3. The van der Waals surface area contributed by atoms with E-state index in [2.05, 4.69) is 162 Å². The molecule has 0 saturated carbocycles. The molecule has 7 aromatic rings. The summed E-state index contributed by atoms with van der Waals surface area (Å²) in [6.45, 7) is 11.9. The van der Waals surface area contributed by atoms with Gasteiger partial charge in [0, 0.05) is 0 Å². The van der Waals surface area contributed by atoms with E-state index in [1.165, 1.54) is 94.6 Å². The maximum absolute atomic E-state index is 3.06. The zero-order valence-electron chi connectivity index (χ0n) is 27.0. The van der Waals surface area contributed by atoms with E-state index in [1.807, 2.05) is 0 Å². The number of hydrogen-bond donors (Lipinski definition) is 0. The third kappa shape index (κ3) is 8.75. The molecule has 0 unspecified atom stereocenters. The van der Waals surface area contributed by atoms with E-state index in [1.54, 1.807) is 0 Å². The van der Waals surface area contributed by atoms with Gasteiger partial charge in [-0.3, -0.25) is 0 Å². The van der Waals surface area contributed by atoms with Crippen LogP contribution < -0.4 is 0 Å². The normalized spacial score (nSPS) is 9.87. The van der Waals surface area contributed by atoms with Crippen LogP contribution in [0, 0.1) is 28.7 Å². The SMILES string of the molecule is CC(C)c1cc2c(-c3ccccc3)cccc2[cH-]1.Cc1cc2c(-c3cccc4ccccc34)ccc(C)c2[cH-]1.Cl.Cl.[CH3-].[CH3-].[Si]=[Zr]. The molecule has 0 atom stereocenters. The zero-order valence-corrected chi connectivity index (χ0v) is 32.1. The fraction of sp³-hybridized carbons (Fsp3) is 0.122. The summed E-state index contributed by atoms with van der Waals surface area (Å²) in [4.78, 5) is 0. The summed E-state index contributed by atoms with van der Waals surface area (Å²) in [6, 6.07) is 46.1. The quantitative estimate of drug-likeness (QED) is 0.126. The zero-order chi connectivity index (χ0) is 28.9. The molecule has 0 N–H and O–H groups in total. The standard InChI is InChI=1S/C21H17.C18H17.2CH3.2ClH.Si.Zr/c1-14-12-20-15(2)10-11-19(21(20)13-14)18-9-5-7-16-6-3-4-8-17(16)18;1-13(2)16-11-15-9-6-10-17(18(15)12-16)14-7-4-3-5-8-14;;;;;;/h3-13H,1-2H3;3-13H,1-2H3;2*1H3;2*1H;;/q4*-1;;;;. The molecule has 0 heterocycles. The van der Waals surface area contributed by atoms with Crippen LogP contribution in [0.4, 0.5) is 0 Å². The van der Waals surface area contributed by atoms with Crippen LogP contribution in [0.1, 0.15) is 36.5 Å². The Morgan fingerprint density at radius 1 is 0.578 bits per heavy atom. The Kier molecular flexibility index (Phi) is 16.5. The molecule has 0 fully saturated rings. The Labute approximate surface area is 300 Å². The van der Waals surface area contributed by atoms with Crippen molar-refractivity contribution in [2.24, 2.45) is 0 Å². The van der Waals surface area contributed by atoms with E-state index in [0.717, 1.165) is 0 Å². The van der Waals surface area contributed by atoms with Crippen LogP contribution in [0.2, 0.25) is 0 Å². The molecule has 232 valence electrons. The van der Waals surface area contributed by atoms with Gasteiger partial charge in [0.2, 0.25) is 0 Å². The van der Waals surface area contributed by atoms with Gasteiger partial charge in [-0.05, 0) is 27.8 Å². The predicted octanol–water partition coefficient (Wildman–Crippen LogP) is 12.7. The second-order valence-corrected chi connectivity index (χ2v) is 10.9. The van der Waals surface area contributed by atoms with Crippen LogP contribution in [-0.2, 0) is 23.3 Å². The van der Waals surface area contributed by atoms with E-state index >= 15 is 0 Å². The molecular formula is C41H42Cl2SiZr-4. The van der Waals surface area contributed by atoms with Gasteiger partial charge in [0.05, 0.1) is 0 Å². The molecule has 0 amide bonds. The van der Waals surface area contributed by atoms with Crippen molar-refractivity contribution in [3.8, 4) is 22.3 Å². The van der Waals surface area contributed by atoms with Crippen molar-refractivity contribution in [1.29, 1.82) is 0 Å². The first-order valence-electron chi connectivity index (χ1n) is 14.1. The summed E-state index contributed by atoms with van der Waals surface area (Å²) in [6.07, 6.45) is 0. The fourth-order valence-electron chi connectivity index (χ4n) is 5.75. The second-order valence-electron chi connectivity index (χ2n) is 10.9. The molecule has 7 rings (SSSR count). The molecule has 0 spiro atoms. The first-order valence-corrected chi connectivity index (χ1v) is 18.3. The maximum atomic E-state index is 3.06. The van der Waals surface area contributed by atoms with Crippen LogP contribution in [0.3, 0.4) is 0 Å². The van der Waals surface area contributed by atoms with E-state index < -0.39 is 0 Å². The van der Waals surface area contributed by atoms with Gasteiger partial charge in [0.25, 0.3) is 0 Å². The molecule has 0 aliphatic carbocycles. The van der Waals surface area contributed by atoms with Crippen molar-refractivity contribution in [3.05, 3.63) is 159 Å². The van der Waals surface area contributed by atoms with Gasteiger partial charge in [-0.2, -0.15) is 12.1 Å². The summed E-state index contributed by atoms with van der Waals surface area (Å²) in [5, 5.41) is 8.07. The molecule has 0 nitrogen and oxygen atoms in total. The van der Waals surface area contributed by atoms with Crippen molar-refractivity contribution in [2.75, 3.05) is 0 Å². The predicted molar refractivity (Wildman–Crippen MR) is 204 cm³/mol. The minimum absolute atomic E-state index is 0. The van der Waals surface area contributed by atoms with Crippen LogP contribution in [0.15, 0.2) is 127 Å². The van der Waals surface area contributed by atoms with Crippen LogP contribution in [-0.4, -0.2) is 6.88 Å². The average Bonchev–Trinajstić information content (AvgIpc) is 3.63. The van der Waals surface area contributed by atoms with Gasteiger partial charge in [0.15, 0.2) is 0 Å². The third-order valence-electron chi connectivity index (χ3n) is 7.85. The average molecular weight is 725 g/mol. The van der Waals surface area contributed by atoms with Gasteiger partial charge in [-0.1, -0.05) is 124 Å². The molecule has 2 radical (unpaired) electrons. The van der Waals surface area contributed by atoms with E-state index in [0.29, 0.717) is 5.92 Å². The van der Waals surface area contributed by atoms with Crippen LogP contribution in [0.5, 0.6) is 0 Å². The number of aryl methyl sites for hydroxylation is 2. The molecule has 45 heavy (non-hydrogen) atoms. The Hall–Kier alpha value is -2.74.